The molecule has 0 fully saturated rings. The molecule has 0 aromatic heterocycles. The molecule has 0 amide bonds. The highest BCUT2D eigenvalue weighted by atomic mass is 16.3. The molecule has 1 aliphatic carbocycles. The zero-order valence-corrected chi connectivity index (χ0v) is 8.29. The van der Waals surface area contributed by atoms with E-state index >= 15 is 0 Å². The lowest BCUT2D eigenvalue weighted by Gasteiger charge is -2.30. The first-order valence-electron chi connectivity index (χ1n) is 5.02. The van der Waals surface area contributed by atoms with Gasteiger partial charge >= 0.3 is 0 Å². The third kappa shape index (κ3) is 1.26. The standard InChI is InChI=1S/C12H14O2/c1-2-12(14)8-7-9-5-3-4-6-10(9)11(12)13/h3-6,14H,2,7-8H2,1H3/t12-/m1/s1. The number of aryl methyl sites for hydroxylation is 1. The molecule has 2 rings (SSSR count). The van der Waals surface area contributed by atoms with Gasteiger partial charge in [-0.25, -0.2) is 0 Å². The molecule has 2 heteroatoms. The van der Waals surface area contributed by atoms with Gasteiger partial charge in [0.15, 0.2) is 5.78 Å². The number of carbonyl (C=O) groups is 1. The Hall–Kier alpha value is -1.15. The van der Waals surface area contributed by atoms with Gasteiger partial charge in [0.25, 0.3) is 0 Å². The molecule has 1 aromatic rings. The van der Waals surface area contributed by atoms with Crippen LogP contribution in [0.25, 0.3) is 0 Å². The van der Waals surface area contributed by atoms with Crippen molar-refractivity contribution in [3.63, 3.8) is 0 Å². The van der Waals surface area contributed by atoms with Gasteiger partial charge < -0.3 is 5.11 Å². The fraction of sp³-hybridized carbons (Fsp3) is 0.417. The molecule has 0 saturated carbocycles. The number of fused-ring (bicyclic) bond motifs is 1. The average Bonchev–Trinajstić information content (AvgIpc) is 2.24. The Morgan fingerprint density at radius 1 is 1.43 bits per heavy atom. The minimum absolute atomic E-state index is 0.109. The smallest absolute Gasteiger partial charge is 0.194 e. The van der Waals surface area contributed by atoms with Crippen molar-refractivity contribution in [2.45, 2.75) is 31.8 Å². The van der Waals surface area contributed by atoms with E-state index in [9.17, 15) is 9.90 Å². The molecule has 14 heavy (non-hydrogen) atoms. The summed E-state index contributed by atoms with van der Waals surface area (Å²) in [6, 6.07) is 7.54. The van der Waals surface area contributed by atoms with Crippen molar-refractivity contribution in [1.29, 1.82) is 0 Å². The van der Waals surface area contributed by atoms with E-state index in [-0.39, 0.29) is 5.78 Å². The topological polar surface area (TPSA) is 37.3 Å². The third-order valence-electron chi connectivity index (χ3n) is 3.08. The summed E-state index contributed by atoms with van der Waals surface area (Å²) >= 11 is 0. The molecule has 74 valence electrons. The van der Waals surface area contributed by atoms with Crippen LogP contribution in [0.3, 0.4) is 0 Å². The van der Waals surface area contributed by atoms with Crippen LogP contribution in [-0.4, -0.2) is 16.5 Å². The Bertz CT molecular complexity index is 370. The fourth-order valence-electron chi connectivity index (χ4n) is 2.00. The SMILES string of the molecule is CC[C@@]1(O)CCc2ccccc2C1=O. The van der Waals surface area contributed by atoms with Crippen LogP contribution in [0.15, 0.2) is 24.3 Å². The predicted molar refractivity (Wildman–Crippen MR) is 54.3 cm³/mol. The molecular weight excluding hydrogens is 176 g/mol. The van der Waals surface area contributed by atoms with Crippen LogP contribution in [0.4, 0.5) is 0 Å². The molecule has 0 bridgehead atoms. The van der Waals surface area contributed by atoms with Crippen molar-refractivity contribution in [2.75, 3.05) is 0 Å². The van der Waals surface area contributed by atoms with Crippen LogP contribution < -0.4 is 0 Å². The highest BCUT2D eigenvalue weighted by Crippen LogP contribution is 2.30. The van der Waals surface area contributed by atoms with Crippen LogP contribution in [0.1, 0.15) is 35.7 Å². The number of hydrogen-bond donors (Lipinski definition) is 1. The van der Waals surface area contributed by atoms with Crippen LogP contribution >= 0.6 is 0 Å². The third-order valence-corrected chi connectivity index (χ3v) is 3.08. The molecule has 0 aliphatic heterocycles. The van der Waals surface area contributed by atoms with Crippen LogP contribution in [0.5, 0.6) is 0 Å². The maximum absolute atomic E-state index is 11.9. The van der Waals surface area contributed by atoms with Crippen molar-refractivity contribution in [3.8, 4) is 0 Å². The highest BCUT2D eigenvalue weighted by molar-refractivity contribution is 6.04. The Balaban J connectivity index is 2.46. The van der Waals surface area contributed by atoms with Gasteiger partial charge in [-0.3, -0.25) is 4.79 Å². The number of hydrogen-bond acceptors (Lipinski definition) is 2. The number of ketones is 1. The van der Waals surface area contributed by atoms with Crippen molar-refractivity contribution in [3.05, 3.63) is 35.4 Å². The van der Waals surface area contributed by atoms with Gasteiger partial charge in [-0.2, -0.15) is 0 Å². The second kappa shape index (κ2) is 3.21. The maximum Gasteiger partial charge on any atom is 0.194 e. The largest absolute Gasteiger partial charge is 0.382 e. The fourth-order valence-corrected chi connectivity index (χ4v) is 2.00. The highest BCUT2D eigenvalue weighted by Gasteiger charge is 2.38. The van der Waals surface area contributed by atoms with Gasteiger partial charge in [0, 0.05) is 5.56 Å². The Labute approximate surface area is 83.6 Å². The summed E-state index contributed by atoms with van der Waals surface area (Å²) in [4.78, 5) is 11.9. The molecule has 1 atom stereocenters. The van der Waals surface area contributed by atoms with E-state index < -0.39 is 5.60 Å². The van der Waals surface area contributed by atoms with Gasteiger partial charge in [-0.15, -0.1) is 0 Å². The van der Waals surface area contributed by atoms with Crippen LogP contribution in [0.2, 0.25) is 0 Å². The second-order valence-corrected chi connectivity index (χ2v) is 3.87. The number of carbonyl (C=O) groups excluding carboxylic acids is 1. The Kier molecular flexibility index (Phi) is 2.16. The monoisotopic (exact) mass is 190 g/mol. The van der Waals surface area contributed by atoms with Crippen LogP contribution in [0, 0.1) is 0 Å². The van der Waals surface area contributed by atoms with E-state index in [1.54, 1.807) is 6.07 Å². The van der Waals surface area contributed by atoms with Gasteiger partial charge in [-0.1, -0.05) is 31.2 Å². The van der Waals surface area contributed by atoms with Crippen molar-refractivity contribution >= 4 is 5.78 Å². The quantitative estimate of drug-likeness (QED) is 0.735. The van der Waals surface area contributed by atoms with Gasteiger partial charge in [0.05, 0.1) is 0 Å². The Morgan fingerprint density at radius 3 is 2.86 bits per heavy atom. The van der Waals surface area contributed by atoms with Crippen molar-refractivity contribution < 1.29 is 9.90 Å². The van der Waals surface area contributed by atoms with E-state index in [4.69, 9.17) is 0 Å². The van der Waals surface area contributed by atoms with E-state index in [0.29, 0.717) is 18.4 Å². The molecule has 0 heterocycles. The van der Waals surface area contributed by atoms with Crippen LogP contribution in [-0.2, 0) is 6.42 Å². The molecule has 0 unspecified atom stereocenters. The second-order valence-electron chi connectivity index (χ2n) is 3.87. The lowest BCUT2D eigenvalue weighted by molar-refractivity contribution is 0.0224. The first kappa shape index (κ1) is 9.41. The summed E-state index contributed by atoms with van der Waals surface area (Å²) < 4.78 is 0. The van der Waals surface area contributed by atoms with Crippen molar-refractivity contribution in [2.24, 2.45) is 0 Å². The van der Waals surface area contributed by atoms with E-state index in [0.717, 1.165) is 12.0 Å². The summed E-state index contributed by atoms with van der Waals surface area (Å²) in [6.45, 7) is 1.85. The van der Waals surface area contributed by atoms with Gasteiger partial charge in [0.1, 0.15) is 5.60 Å². The number of aliphatic hydroxyl groups is 1. The molecular formula is C12H14O2. The molecule has 2 nitrogen and oxygen atoms in total. The average molecular weight is 190 g/mol. The van der Waals surface area contributed by atoms with Gasteiger partial charge in [-0.05, 0) is 24.8 Å². The molecule has 0 spiro atoms. The minimum Gasteiger partial charge on any atom is -0.382 e. The lowest BCUT2D eigenvalue weighted by Crippen LogP contribution is -2.41. The zero-order chi connectivity index (χ0) is 10.2. The Morgan fingerprint density at radius 2 is 2.14 bits per heavy atom. The summed E-state index contributed by atoms with van der Waals surface area (Å²) in [5, 5.41) is 10.0. The first-order chi connectivity index (χ1) is 6.67. The zero-order valence-electron chi connectivity index (χ0n) is 8.29. The molecule has 1 aromatic carbocycles. The summed E-state index contributed by atoms with van der Waals surface area (Å²) in [5.41, 5.74) is 0.646. The summed E-state index contributed by atoms with van der Waals surface area (Å²) in [6.07, 6.45) is 1.85. The molecule has 0 radical (unpaired) electrons. The van der Waals surface area contributed by atoms with Crippen molar-refractivity contribution in [1.82, 2.24) is 0 Å². The number of rotatable bonds is 1. The maximum atomic E-state index is 11.9. The summed E-state index contributed by atoms with van der Waals surface area (Å²) in [7, 11) is 0. The summed E-state index contributed by atoms with van der Waals surface area (Å²) in [5.74, 6) is -0.109. The normalized spacial score (nSPS) is 26.0. The van der Waals surface area contributed by atoms with E-state index in [1.165, 1.54) is 0 Å². The molecule has 1 aliphatic rings. The van der Waals surface area contributed by atoms with E-state index in [1.807, 2.05) is 25.1 Å². The van der Waals surface area contributed by atoms with Gasteiger partial charge in [0.2, 0.25) is 0 Å². The van der Waals surface area contributed by atoms with E-state index in [2.05, 4.69) is 0 Å². The lowest BCUT2D eigenvalue weighted by atomic mass is 9.78. The molecule has 0 saturated heterocycles. The number of benzene rings is 1. The predicted octanol–water partition coefficient (Wildman–Crippen LogP) is 1.96. The molecule has 1 N–H and O–H groups in total. The minimum atomic E-state index is -1.12. The first-order valence-corrected chi connectivity index (χ1v) is 5.02. The number of Topliss-reactive ketones (excluding diaryl/α,β-unsaturated/α-hetero) is 1.